The number of fused-ring (bicyclic) bond motifs is 1. The molecule has 1 unspecified atom stereocenters. The number of carbonyl (C=O) groups excluding carboxylic acids is 2. The topological polar surface area (TPSA) is 56.8 Å². The van der Waals surface area contributed by atoms with Gasteiger partial charge in [0.1, 0.15) is 5.82 Å². The van der Waals surface area contributed by atoms with Crippen molar-refractivity contribution in [2.24, 2.45) is 5.92 Å². The maximum atomic E-state index is 13.3. The predicted octanol–water partition coefficient (Wildman–Crippen LogP) is 4.90. The van der Waals surface area contributed by atoms with Gasteiger partial charge in [-0.1, -0.05) is 43.7 Å². The lowest BCUT2D eigenvalue weighted by Gasteiger charge is -2.36. The summed E-state index contributed by atoms with van der Waals surface area (Å²) in [5.41, 5.74) is 5.64. The summed E-state index contributed by atoms with van der Waals surface area (Å²) in [5, 5.41) is 1.19. The maximum absolute atomic E-state index is 13.3. The number of nitrogens with zero attached hydrogens (tertiary/aromatic N) is 4. The minimum absolute atomic E-state index is 0.0412. The molecule has 6 nitrogen and oxygen atoms in total. The van der Waals surface area contributed by atoms with Crippen molar-refractivity contribution in [3.63, 3.8) is 0 Å². The van der Waals surface area contributed by atoms with Crippen LogP contribution in [0, 0.1) is 19.8 Å². The summed E-state index contributed by atoms with van der Waals surface area (Å²) in [4.78, 5) is 37.0. The Morgan fingerprint density at radius 1 is 1.00 bits per heavy atom. The lowest BCUT2D eigenvalue weighted by molar-refractivity contribution is -0.136. The summed E-state index contributed by atoms with van der Waals surface area (Å²) in [5.74, 6) is 0.849. The largest absolute Gasteiger partial charge is 0.353 e. The Kier molecular flexibility index (Phi) is 6.95. The molecule has 2 fully saturated rings. The van der Waals surface area contributed by atoms with Gasteiger partial charge in [-0.05, 0) is 61.6 Å². The molecule has 6 heteroatoms. The first-order chi connectivity index (χ1) is 17.4. The smallest absolute Gasteiger partial charge is 0.228 e. The zero-order chi connectivity index (χ0) is 25.2. The number of para-hydroxylation sites is 1. The Balaban J connectivity index is 1.21. The highest BCUT2D eigenvalue weighted by Gasteiger charge is 2.38. The van der Waals surface area contributed by atoms with E-state index in [0.717, 1.165) is 36.5 Å². The van der Waals surface area contributed by atoms with E-state index in [1.54, 1.807) is 4.90 Å². The van der Waals surface area contributed by atoms with E-state index in [4.69, 9.17) is 4.98 Å². The van der Waals surface area contributed by atoms with Gasteiger partial charge in [0.05, 0.1) is 11.4 Å². The molecule has 1 aromatic heterocycles. The van der Waals surface area contributed by atoms with Crippen LogP contribution in [0.3, 0.4) is 0 Å². The molecule has 2 amide bonds. The van der Waals surface area contributed by atoms with Crippen LogP contribution in [0.15, 0.2) is 48.5 Å². The first kappa shape index (κ1) is 24.3. The number of piperazine rings is 1. The van der Waals surface area contributed by atoms with Crippen molar-refractivity contribution >= 4 is 34.2 Å². The van der Waals surface area contributed by atoms with Gasteiger partial charge in [-0.25, -0.2) is 4.98 Å². The van der Waals surface area contributed by atoms with Gasteiger partial charge in [0.25, 0.3) is 0 Å². The summed E-state index contributed by atoms with van der Waals surface area (Å²) in [7, 11) is 0. The highest BCUT2D eigenvalue weighted by atomic mass is 16.2. The second kappa shape index (κ2) is 10.3. The molecule has 36 heavy (non-hydrogen) atoms. The van der Waals surface area contributed by atoms with Gasteiger partial charge >= 0.3 is 0 Å². The van der Waals surface area contributed by atoms with E-state index in [9.17, 15) is 9.59 Å². The number of unbranched alkanes of at least 4 members (excludes halogenated alkanes) is 1. The fourth-order valence-electron chi connectivity index (χ4n) is 5.47. The van der Waals surface area contributed by atoms with Gasteiger partial charge in [0, 0.05) is 50.2 Å². The molecule has 0 bridgehead atoms. The number of benzene rings is 2. The van der Waals surface area contributed by atoms with Crippen LogP contribution in [0.2, 0.25) is 0 Å². The average Bonchev–Trinajstić information content (AvgIpc) is 3.29. The number of pyridine rings is 1. The quantitative estimate of drug-likeness (QED) is 0.500. The van der Waals surface area contributed by atoms with Crippen molar-refractivity contribution < 1.29 is 9.59 Å². The monoisotopic (exact) mass is 484 g/mol. The molecule has 0 saturated carbocycles. The zero-order valence-electron chi connectivity index (χ0n) is 21.7. The first-order valence-electron chi connectivity index (χ1n) is 13.2. The Labute approximate surface area is 213 Å². The Bertz CT molecular complexity index is 1260. The number of aryl methyl sites for hydroxylation is 3. The molecule has 188 valence electrons. The molecule has 2 aromatic carbocycles. The van der Waals surface area contributed by atoms with E-state index in [1.807, 2.05) is 17.0 Å². The van der Waals surface area contributed by atoms with Crippen molar-refractivity contribution in [3.8, 4) is 0 Å². The molecular weight excluding hydrogens is 448 g/mol. The van der Waals surface area contributed by atoms with Crippen LogP contribution in [-0.4, -0.2) is 54.4 Å². The van der Waals surface area contributed by atoms with E-state index in [2.05, 4.69) is 62.1 Å². The van der Waals surface area contributed by atoms with Gasteiger partial charge in [0.2, 0.25) is 11.8 Å². The summed E-state index contributed by atoms with van der Waals surface area (Å²) >= 11 is 0. The van der Waals surface area contributed by atoms with Gasteiger partial charge in [-0.15, -0.1) is 0 Å². The number of hydrogen-bond donors (Lipinski definition) is 0. The van der Waals surface area contributed by atoms with Crippen molar-refractivity contribution in [2.75, 3.05) is 42.5 Å². The van der Waals surface area contributed by atoms with Gasteiger partial charge < -0.3 is 14.7 Å². The van der Waals surface area contributed by atoms with Crippen LogP contribution in [0.4, 0.5) is 11.5 Å². The third kappa shape index (κ3) is 4.81. The van der Waals surface area contributed by atoms with Crippen LogP contribution in [0.1, 0.15) is 42.9 Å². The van der Waals surface area contributed by atoms with Gasteiger partial charge in [-0.2, -0.15) is 0 Å². The number of carbonyl (C=O) groups is 2. The summed E-state index contributed by atoms with van der Waals surface area (Å²) in [6.45, 7) is 9.70. The highest BCUT2D eigenvalue weighted by molar-refractivity contribution is 6.00. The predicted molar refractivity (Wildman–Crippen MR) is 146 cm³/mol. The number of hydrogen-bond acceptors (Lipinski definition) is 4. The first-order valence-corrected chi connectivity index (χ1v) is 13.2. The van der Waals surface area contributed by atoms with Crippen LogP contribution in [0.25, 0.3) is 10.9 Å². The standard InChI is InChI=1S/C30H36N4O2/c1-4-5-8-23-10-12-25(13-11-23)34-20-24(19-28(34)35)30(36)33-16-14-32(15-17-33)27-18-22(3)26-9-6-7-21(2)29(26)31-27/h6-7,9-13,18,24H,4-5,8,14-17,19-20H2,1-3H3. The Hall–Kier alpha value is -3.41. The molecule has 1 atom stereocenters. The van der Waals surface area contributed by atoms with E-state index >= 15 is 0 Å². The molecule has 0 radical (unpaired) electrons. The van der Waals surface area contributed by atoms with E-state index < -0.39 is 0 Å². The van der Waals surface area contributed by atoms with Crippen molar-refractivity contribution in [3.05, 3.63) is 65.2 Å². The van der Waals surface area contributed by atoms with Gasteiger partial charge in [-0.3, -0.25) is 9.59 Å². The summed E-state index contributed by atoms with van der Waals surface area (Å²) < 4.78 is 0. The van der Waals surface area contributed by atoms with E-state index in [-0.39, 0.29) is 17.7 Å². The van der Waals surface area contributed by atoms with Crippen LogP contribution in [-0.2, 0) is 16.0 Å². The van der Waals surface area contributed by atoms with Crippen LogP contribution < -0.4 is 9.80 Å². The zero-order valence-corrected chi connectivity index (χ0v) is 21.7. The fourth-order valence-corrected chi connectivity index (χ4v) is 5.47. The molecule has 5 rings (SSSR count). The summed E-state index contributed by atoms with van der Waals surface area (Å²) in [6, 6.07) is 16.7. The molecule has 0 spiro atoms. The van der Waals surface area contributed by atoms with Crippen LogP contribution >= 0.6 is 0 Å². The maximum Gasteiger partial charge on any atom is 0.228 e. The Morgan fingerprint density at radius 2 is 1.75 bits per heavy atom. The minimum Gasteiger partial charge on any atom is -0.353 e. The molecule has 2 aliphatic rings. The highest BCUT2D eigenvalue weighted by Crippen LogP contribution is 2.29. The normalized spacial score (nSPS) is 18.4. The van der Waals surface area contributed by atoms with Crippen LogP contribution in [0.5, 0.6) is 0 Å². The van der Waals surface area contributed by atoms with Crippen molar-refractivity contribution in [1.82, 2.24) is 9.88 Å². The lowest BCUT2D eigenvalue weighted by atomic mass is 10.1. The molecule has 0 N–H and O–H groups in total. The molecule has 2 aliphatic heterocycles. The third-order valence-electron chi connectivity index (χ3n) is 7.69. The lowest BCUT2D eigenvalue weighted by Crippen LogP contribution is -2.51. The fraction of sp³-hybridized carbons (Fsp3) is 0.433. The molecular formula is C30H36N4O2. The SMILES string of the molecule is CCCCc1ccc(N2CC(C(=O)N3CCN(c4cc(C)c5cccc(C)c5n4)CC3)CC2=O)cc1. The molecule has 3 heterocycles. The Morgan fingerprint density at radius 3 is 2.47 bits per heavy atom. The molecule has 2 saturated heterocycles. The number of anilines is 2. The molecule has 0 aliphatic carbocycles. The van der Waals surface area contributed by atoms with Crippen molar-refractivity contribution in [1.29, 1.82) is 0 Å². The number of amides is 2. The number of aromatic nitrogens is 1. The number of rotatable bonds is 6. The van der Waals surface area contributed by atoms with E-state index in [1.165, 1.54) is 34.9 Å². The summed E-state index contributed by atoms with van der Waals surface area (Å²) in [6.07, 6.45) is 3.69. The molecule has 3 aromatic rings. The van der Waals surface area contributed by atoms with E-state index in [0.29, 0.717) is 26.1 Å². The second-order valence-corrected chi connectivity index (χ2v) is 10.3. The minimum atomic E-state index is -0.271. The second-order valence-electron chi connectivity index (χ2n) is 10.3. The third-order valence-corrected chi connectivity index (χ3v) is 7.69. The average molecular weight is 485 g/mol. The van der Waals surface area contributed by atoms with Crippen molar-refractivity contribution in [2.45, 2.75) is 46.5 Å². The van der Waals surface area contributed by atoms with Gasteiger partial charge in [0.15, 0.2) is 0 Å².